The zero-order valence-corrected chi connectivity index (χ0v) is 8.63. The van der Waals surface area contributed by atoms with Crippen molar-refractivity contribution in [3.63, 3.8) is 0 Å². The maximum atomic E-state index is 3.99. The molecule has 2 rings (SSSR count). The normalized spacial score (nSPS) is 18.6. The molecule has 1 saturated carbocycles. The molecule has 1 aliphatic rings. The number of nitrogens with zero attached hydrogens (tertiary/aromatic N) is 1. The van der Waals surface area contributed by atoms with Crippen LogP contribution >= 0.6 is 0 Å². The summed E-state index contributed by atoms with van der Waals surface area (Å²) in [6, 6.07) is 0. The van der Waals surface area contributed by atoms with Crippen molar-refractivity contribution in [1.82, 2.24) is 15.3 Å². The largest absolute Gasteiger partial charge is 0.347 e. The second-order valence-electron chi connectivity index (χ2n) is 4.21. The van der Waals surface area contributed by atoms with Gasteiger partial charge >= 0.3 is 0 Å². The molecule has 3 nitrogen and oxygen atoms in total. The summed E-state index contributed by atoms with van der Waals surface area (Å²) >= 11 is 0. The fraction of sp³-hybridized carbons (Fsp3) is 0.727. The predicted octanol–water partition coefficient (Wildman–Crippen LogP) is 2.08. The molecule has 0 aliphatic heterocycles. The first-order valence-corrected chi connectivity index (χ1v) is 5.63. The van der Waals surface area contributed by atoms with Crippen molar-refractivity contribution in [3.8, 4) is 0 Å². The van der Waals surface area contributed by atoms with E-state index in [9.17, 15) is 0 Å². The lowest BCUT2D eigenvalue weighted by Gasteiger charge is -2.21. The first-order chi connectivity index (χ1) is 6.95. The third kappa shape index (κ3) is 2.84. The van der Waals surface area contributed by atoms with Crippen molar-refractivity contribution in [2.24, 2.45) is 5.92 Å². The molecule has 1 fully saturated rings. The fourth-order valence-electron chi connectivity index (χ4n) is 2.18. The number of hydrogen-bond donors (Lipinski definition) is 2. The molecule has 0 bridgehead atoms. The van der Waals surface area contributed by atoms with Crippen molar-refractivity contribution in [1.29, 1.82) is 0 Å². The van der Waals surface area contributed by atoms with Gasteiger partial charge in [-0.05, 0) is 25.3 Å². The van der Waals surface area contributed by atoms with Gasteiger partial charge < -0.3 is 10.3 Å². The van der Waals surface area contributed by atoms with Crippen LogP contribution in [-0.2, 0) is 6.54 Å². The summed E-state index contributed by atoms with van der Waals surface area (Å²) in [5, 5.41) is 3.49. The van der Waals surface area contributed by atoms with Gasteiger partial charge in [-0.3, -0.25) is 0 Å². The maximum Gasteiger partial charge on any atom is 0.0922 e. The summed E-state index contributed by atoms with van der Waals surface area (Å²) in [4.78, 5) is 7.09. The Bertz CT molecular complexity index is 237. The van der Waals surface area contributed by atoms with Crippen molar-refractivity contribution in [3.05, 3.63) is 18.2 Å². The van der Waals surface area contributed by atoms with E-state index in [4.69, 9.17) is 0 Å². The van der Waals surface area contributed by atoms with Crippen LogP contribution in [-0.4, -0.2) is 16.5 Å². The summed E-state index contributed by atoms with van der Waals surface area (Å²) in [7, 11) is 0. The Kier molecular flexibility index (Phi) is 3.57. The molecular weight excluding hydrogens is 174 g/mol. The Labute approximate surface area is 85.3 Å². The molecule has 0 atom stereocenters. The minimum Gasteiger partial charge on any atom is -0.347 e. The number of hydrogen-bond acceptors (Lipinski definition) is 2. The highest BCUT2D eigenvalue weighted by Crippen LogP contribution is 2.22. The second kappa shape index (κ2) is 5.15. The lowest BCUT2D eigenvalue weighted by atomic mass is 9.89. The first kappa shape index (κ1) is 9.71. The summed E-state index contributed by atoms with van der Waals surface area (Å²) < 4.78 is 0. The predicted molar refractivity (Wildman–Crippen MR) is 56.9 cm³/mol. The molecule has 14 heavy (non-hydrogen) atoms. The van der Waals surface area contributed by atoms with Gasteiger partial charge in [0.2, 0.25) is 0 Å². The van der Waals surface area contributed by atoms with Crippen LogP contribution in [0.5, 0.6) is 0 Å². The number of aromatic amines is 1. The van der Waals surface area contributed by atoms with Crippen LogP contribution in [0.3, 0.4) is 0 Å². The molecule has 0 saturated heterocycles. The molecule has 1 aromatic rings. The SMILES string of the molecule is c1ncc(CNCC2CCCCC2)[nH]1. The Morgan fingerprint density at radius 1 is 1.36 bits per heavy atom. The molecule has 0 unspecified atom stereocenters. The number of rotatable bonds is 4. The Morgan fingerprint density at radius 3 is 2.93 bits per heavy atom. The average Bonchev–Trinajstić information content (AvgIpc) is 2.72. The quantitative estimate of drug-likeness (QED) is 0.768. The molecular formula is C11H19N3. The zero-order chi connectivity index (χ0) is 9.64. The summed E-state index contributed by atoms with van der Waals surface area (Å²) in [6.07, 6.45) is 10.7. The first-order valence-electron chi connectivity index (χ1n) is 5.63. The molecule has 1 aromatic heterocycles. The van der Waals surface area contributed by atoms with Gasteiger partial charge in [0, 0.05) is 18.4 Å². The highest BCUT2D eigenvalue weighted by atomic mass is 14.9. The lowest BCUT2D eigenvalue weighted by Crippen LogP contribution is -2.24. The topological polar surface area (TPSA) is 40.7 Å². The van der Waals surface area contributed by atoms with Crippen LogP contribution in [0.4, 0.5) is 0 Å². The second-order valence-corrected chi connectivity index (χ2v) is 4.21. The van der Waals surface area contributed by atoms with Crippen LogP contribution in [0.1, 0.15) is 37.8 Å². The van der Waals surface area contributed by atoms with Crippen LogP contribution < -0.4 is 5.32 Å². The minimum absolute atomic E-state index is 0.909. The molecule has 1 heterocycles. The molecule has 1 aliphatic carbocycles. The third-order valence-electron chi connectivity index (χ3n) is 3.03. The lowest BCUT2D eigenvalue weighted by molar-refractivity contribution is 0.341. The fourth-order valence-corrected chi connectivity index (χ4v) is 2.18. The van der Waals surface area contributed by atoms with E-state index in [0.29, 0.717) is 0 Å². The van der Waals surface area contributed by atoms with Gasteiger partial charge in [0.15, 0.2) is 0 Å². The van der Waals surface area contributed by atoms with Gasteiger partial charge in [0.25, 0.3) is 0 Å². The van der Waals surface area contributed by atoms with Crippen LogP contribution in [0, 0.1) is 5.92 Å². The van der Waals surface area contributed by atoms with E-state index >= 15 is 0 Å². The van der Waals surface area contributed by atoms with Crippen molar-refractivity contribution in [2.45, 2.75) is 38.6 Å². The number of nitrogens with one attached hydrogen (secondary N) is 2. The standard InChI is InChI=1S/C11H19N3/c1-2-4-10(5-3-1)6-12-7-11-8-13-9-14-11/h8-10,12H,1-7H2,(H,13,14). The van der Waals surface area contributed by atoms with Crippen molar-refractivity contribution in [2.75, 3.05) is 6.54 Å². The molecule has 0 radical (unpaired) electrons. The molecule has 3 heteroatoms. The van der Waals surface area contributed by atoms with Gasteiger partial charge in [-0.25, -0.2) is 4.98 Å². The summed E-state index contributed by atoms with van der Waals surface area (Å²) in [5.74, 6) is 0.909. The van der Waals surface area contributed by atoms with Gasteiger partial charge in [-0.2, -0.15) is 0 Å². The molecule has 0 amide bonds. The van der Waals surface area contributed by atoms with Crippen molar-refractivity contribution < 1.29 is 0 Å². The smallest absolute Gasteiger partial charge is 0.0922 e. The Balaban J connectivity index is 1.62. The van der Waals surface area contributed by atoms with Crippen LogP contribution in [0.25, 0.3) is 0 Å². The van der Waals surface area contributed by atoms with E-state index < -0.39 is 0 Å². The van der Waals surface area contributed by atoms with Gasteiger partial charge in [0.05, 0.1) is 6.33 Å². The average molecular weight is 193 g/mol. The summed E-state index contributed by atoms with van der Waals surface area (Å²) in [5.41, 5.74) is 1.18. The minimum atomic E-state index is 0.909. The van der Waals surface area contributed by atoms with E-state index in [-0.39, 0.29) is 0 Å². The zero-order valence-electron chi connectivity index (χ0n) is 8.63. The van der Waals surface area contributed by atoms with Crippen molar-refractivity contribution >= 4 is 0 Å². The maximum absolute atomic E-state index is 3.99. The van der Waals surface area contributed by atoms with Crippen LogP contribution in [0.15, 0.2) is 12.5 Å². The van der Waals surface area contributed by atoms with E-state index in [0.717, 1.165) is 12.5 Å². The monoisotopic (exact) mass is 193 g/mol. The third-order valence-corrected chi connectivity index (χ3v) is 3.03. The van der Waals surface area contributed by atoms with Crippen LogP contribution in [0.2, 0.25) is 0 Å². The highest BCUT2D eigenvalue weighted by molar-refractivity contribution is 4.93. The molecule has 78 valence electrons. The number of aromatic nitrogens is 2. The van der Waals surface area contributed by atoms with Gasteiger partial charge in [-0.15, -0.1) is 0 Å². The van der Waals surface area contributed by atoms with Gasteiger partial charge in [-0.1, -0.05) is 19.3 Å². The Hall–Kier alpha value is -0.830. The van der Waals surface area contributed by atoms with E-state index in [2.05, 4.69) is 15.3 Å². The van der Waals surface area contributed by atoms with E-state index in [1.54, 1.807) is 6.33 Å². The summed E-state index contributed by atoms with van der Waals surface area (Å²) in [6.45, 7) is 2.09. The number of H-pyrrole nitrogens is 1. The molecule has 2 N–H and O–H groups in total. The van der Waals surface area contributed by atoms with E-state index in [1.807, 2.05) is 6.20 Å². The molecule has 0 spiro atoms. The Morgan fingerprint density at radius 2 is 2.21 bits per heavy atom. The number of imidazole rings is 1. The van der Waals surface area contributed by atoms with E-state index in [1.165, 1.54) is 44.3 Å². The van der Waals surface area contributed by atoms with Gasteiger partial charge in [0.1, 0.15) is 0 Å². The highest BCUT2D eigenvalue weighted by Gasteiger charge is 2.12. The molecule has 0 aromatic carbocycles.